The van der Waals surface area contributed by atoms with E-state index in [9.17, 15) is 0 Å². The number of hydrogen-bond acceptors (Lipinski definition) is 3. The van der Waals surface area contributed by atoms with Crippen LogP contribution in [-0.2, 0) is 5.41 Å². The highest BCUT2D eigenvalue weighted by Gasteiger charge is 2.50. The molecule has 1 atom stereocenters. The molecule has 1 spiro atoms. The summed E-state index contributed by atoms with van der Waals surface area (Å²) >= 11 is 1.92. The van der Waals surface area contributed by atoms with Crippen molar-refractivity contribution in [2.75, 3.05) is 4.90 Å². The van der Waals surface area contributed by atoms with Crippen LogP contribution in [0.15, 0.2) is 253 Å². The van der Waals surface area contributed by atoms with Crippen LogP contribution in [0.5, 0.6) is 0 Å². The molecule has 0 fully saturated rings. The zero-order valence-electron chi connectivity index (χ0n) is 36.9. The lowest BCUT2D eigenvalue weighted by Gasteiger charge is -2.36. The molecule has 12 aromatic rings. The van der Waals surface area contributed by atoms with Crippen LogP contribution in [0.1, 0.15) is 22.3 Å². The van der Waals surface area contributed by atoms with E-state index in [1.54, 1.807) is 6.26 Å². The largest absolute Gasteiger partial charge is 0.464 e. The quantitative estimate of drug-likeness (QED) is 0.165. The predicted octanol–water partition coefficient (Wildman–Crippen LogP) is 18.1. The fourth-order valence-electron chi connectivity index (χ4n) is 11.5. The number of fused-ring (bicyclic) bond motifs is 16. The molecule has 2 nitrogen and oxygen atoms in total. The van der Waals surface area contributed by atoms with Crippen LogP contribution in [-0.4, -0.2) is 0 Å². The van der Waals surface area contributed by atoms with Crippen molar-refractivity contribution in [1.82, 2.24) is 0 Å². The first-order valence-corrected chi connectivity index (χ1v) is 24.1. The Kier molecular flexibility index (Phi) is 8.71. The molecular formula is C65H41NOS. The fourth-order valence-corrected chi connectivity index (χ4v) is 12.7. The standard InChI is InChI=1S/C65H41NOS/c1-2-14-42(15-3-1)43-27-31-47(32-28-43)66(48-33-29-44(30-34-48)45-16-12-17-46(40-45)61-25-13-39-67-61)49-35-36-53-51-19-5-4-18-50(51)52-20-6-9-23-57(52)65(60(53)41-49)58-24-10-7-22-56(58)63-59(65)38-37-55-54-21-8-11-26-62(54)68-64(55)63/h1-41H. The van der Waals surface area contributed by atoms with E-state index in [4.69, 9.17) is 4.42 Å². The van der Waals surface area contributed by atoms with Crippen LogP contribution in [0.4, 0.5) is 17.1 Å². The van der Waals surface area contributed by atoms with Gasteiger partial charge in [0.1, 0.15) is 5.76 Å². The van der Waals surface area contributed by atoms with Crippen molar-refractivity contribution in [1.29, 1.82) is 0 Å². The average Bonchev–Trinajstić information content (AvgIpc) is 4.15. The van der Waals surface area contributed by atoms with E-state index >= 15 is 0 Å². The lowest BCUT2D eigenvalue weighted by atomic mass is 9.65. The third kappa shape index (κ3) is 5.76. The van der Waals surface area contributed by atoms with E-state index in [2.05, 4.69) is 235 Å². The van der Waals surface area contributed by atoms with Gasteiger partial charge in [0.05, 0.1) is 11.7 Å². The molecule has 3 heteroatoms. The van der Waals surface area contributed by atoms with Gasteiger partial charge in [0.25, 0.3) is 0 Å². The van der Waals surface area contributed by atoms with Crippen molar-refractivity contribution >= 4 is 48.6 Å². The maximum absolute atomic E-state index is 5.78. The van der Waals surface area contributed by atoms with E-state index < -0.39 is 5.41 Å². The van der Waals surface area contributed by atoms with E-state index in [0.29, 0.717) is 0 Å². The number of thiophene rings is 1. The van der Waals surface area contributed by atoms with E-state index in [1.807, 2.05) is 23.5 Å². The van der Waals surface area contributed by atoms with Gasteiger partial charge in [-0.3, -0.25) is 0 Å². The first-order valence-electron chi connectivity index (χ1n) is 23.3. The summed E-state index contributed by atoms with van der Waals surface area (Å²) in [5.74, 6) is 0.862. The molecule has 2 aliphatic carbocycles. The first kappa shape index (κ1) is 38.7. The number of nitrogens with zero attached hydrogens (tertiary/aromatic N) is 1. The Morgan fingerprint density at radius 3 is 1.65 bits per heavy atom. The summed E-state index contributed by atoms with van der Waals surface area (Å²) < 4.78 is 8.44. The maximum atomic E-state index is 5.78. The Morgan fingerprint density at radius 1 is 0.338 bits per heavy atom. The maximum Gasteiger partial charge on any atom is 0.133 e. The molecule has 0 aliphatic heterocycles. The fraction of sp³-hybridized carbons (Fsp3) is 0.0154. The third-order valence-electron chi connectivity index (χ3n) is 14.4. The Morgan fingerprint density at radius 2 is 0.912 bits per heavy atom. The van der Waals surface area contributed by atoms with Crippen molar-refractivity contribution in [3.8, 4) is 67.0 Å². The van der Waals surface area contributed by atoms with Gasteiger partial charge in [-0.25, -0.2) is 0 Å². The number of benzene rings is 10. The first-order chi connectivity index (χ1) is 33.7. The van der Waals surface area contributed by atoms with Gasteiger partial charge in [-0.05, 0) is 133 Å². The molecule has 10 aromatic carbocycles. The molecule has 2 heterocycles. The molecule has 0 N–H and O–H groups in total. The predicted molar refractivity (Wildman–Crippen MR) is 284 cm³/mol. The zero-order valence-corrected chi connectivity index (χ0v) is 37.8. The lowest BCUT2D eigenvalue weighted by molar-refractivity contribution is 0.582. The summed E-state index contributed by atoms with van der Waals surface area (Å²) in [4.78, 5) is 2.44. The van der Waals surface area contributed by atoms with Crippen LogP contribution in [0, 0.1) is 0 Å². The lowest BCUT2D eigenvalue weighted by Crippen LogP contribution is -2.29. The second-order valence-electron chi connectivity index (χ2n) is 17.9. The van der Waals surface area contributed by atoms with Gasteiger partial charge in [-0.1, -0.05) is 182 Å². The molecule has 14 rings (SSSR count). The van der Waals surface area contributed by atoms with Gasteiger partial charge in [-0.15, -0.1) is 11.3 Å². The highest BCUT2D eigenvalue weighted by molar-refractivity contribution is 7.26. The number of anilines is 3. The molecule has 68 heavy (non-hydrogen) atoms. The summed E-state index contributed by atoms with van der Waals surface area (Å²) in [6.07, 6.45) is 1.73. The van der Waals surface area contributed by atoms with Crippen molar-refractivity contribution in [3.63, 3.8) is 0 Å². The van der Waals surface area contributed by atoms with Crippen molar-refractivity contribution in [2.24, 2.45) is 0 Å². The molecule has 318 valence electrons. The van der Waals surface area contributed by atoms with Gasteiger partial charge in [-0.2, -0.15) is 0 Å². The van der Waals surface area contributed by atoms with Crippen LogP contribution in [0.2, 0.25) is 0 Å². The number of rotatable bonds is 6. The molecule has 0 radical (unpaired) electrons. The van der Waals surface area contributed by atoms with Crippen LogP contribution >= 0.6 is 11.3 Å². The van der Waals surface area contributed by atoms with Gasteiger partial charge >= 0.3 is 0 Å². The van der Waals surface area contributed by atoms with E-state index in [0.717, 1.165) is 39.5 Å². The summed E-state index contributed by atoms with van der Waals surface area (Å²) in [7, 11) is 0. The summed E-state index contributed by atoms with van der Waals surface area (Å²) in [5, 5.41) is 2.63. The number of hydrogen-bond donors (Lipinski definition) is 0. The van der Waals surface area contributed by atoms with Crippen LogP contribution in [0.25, 0.3) is 87.1 Å². The minimum absolute atomic E-state index is 0.636. The number of furan rings is 1. The van der Waals surface area contributed by atoms with Crippen LogP contribution < -0.4 is 4.90 Å². The molecule has 0 saturated heterocycles. The highest BCUT2D eigenvalue weighted by Crippen LogP contribution is 2.64. The average molecular weight is 884 g/mol. The second-order valence-corrected chi connectivity index (χ2v) is 19.0. The SMILES string of the molecule is c1ccc(-c2ccc(N(c3ccc(-c4cccc(-c5ccco5)c4)cc3)c3ccc4c(c3)C3(c5ccccc5-c5ccccc5-4)c4ccccc4-c4c3ccc3c4sc4ccccc43)cc2)cc1. The molecular weight excluding hydrogens is 843 g/mol. The molecule has 0 saturated carbocycles. The molecule has 2 aromatic heterocycles. The van der Waals surface area contributed by atoms with Crippen molar-refractivity contribution in [2.45, 2.75) is 5.41 Å². The molecule has 1 unspecified atom stereocenters. The van der Waals surface area contributed by atoms with Crippen LogP contribution in [0.3, 0.4) is 0 Å². The molecule has 0 amide bonds. The highest BCUT2D eigenvalue weighted by atomic mass is 32.1. The minimum Gasteiger partial charge on any atom is -0.464 e. The minimum atomic E-state index is -0.636. The van der Waals surface area contributed by atoms with Gasteiger partial charge in [0.2, 0.25) is 0 Å². The van der Waals surface area contributed by atoms with Gasteiger partial charge in [0, 0.05) is 48.4 Å². The van der Waals surface area contributed by atoms with E-state index in [-0.39, 0.29) is 0 Å². The van der Waals surface area contributed by atoms with Gasteiger partial charge < -0.3 is 9.32 Å². The van der Waals surface area contributed by atoms with Gasteiger partial charge in [0.15, 0.2) is 0 Å². The Balaban J connectivity index is 1.03. The zero-order chi connectivity index (χ0) is 44.8. The Labute approximate surface area is 399 Å². The second kappa shape index (κ2) is 15.3. The topological polar surface area (TPSA) is 16.4 Å². The molecule has 0 bridgehead atoms. The normalized spacial score (nSPS) is 14.2. The van der Waals surface area contributed by atoms with E-state index in [1.165, 1.54) is 86.9 Å². The Bertz CT molecular complexity index is 3900. The Hall–Kier alpha value is -8.50. The molecule has 2 aliphatic rings. The summed E-state index contributed by atoms with van der Waals surface area (Å²) in [6.45, 7) is 0. The smallest absolute Gasteiger partial charge is 0.133 e. The van der Waals surface area contributed by atoms with Crippen molar-refractivity contribution in [3.05, 3.63) is 271 Å². The monoisotopic (exact) mass is 883 g/mol. The summed E-state index contributed by atoms with van der Waals surface area (Å²) in [5.41, 5.74) is 21.2. The third-order valence-corrected chi connectivity index (χ3v) is 15.6. The summed E-state index contributed by atoms with van der Waals surface area (Å²) in [6, 6.07) is 89.7. The van der Waals surface area contributed by atoms with Crippen molar-refractivity contribution < 1.29 is 4.42 Å².